The molecule has 0 fully saturated rings. The summed E-state index contributed by atoms with van der Waals surface area (Å²) in [5.74, 6) is 0.140. The second-order valence-corrected chi connectivity index (χ2v) is 5.66. The fraction of sp³-hybridized carbons (Fsp3) is 0.150. The number of carbonyl (C=O) groups excluding carboxylic acids is 2. The molecule has 0 atom stereocenters. The van der Waals surface area contributed by atoms with Crippen molar-refractivity contribution in [2.75, 3.05) is 12.4 Å². The molecule has 6 heteroatoms. The Morgan fingerprint density at radius 3 is 2.50 bits per heavy atom. The van der Waals surface area contributed by atoms with Crippen LogP contribution in [0.3, 0.4) is 0 Å². The zero-order valence-corrected chi connectivity index (χ0v) is 14.5. The van der Waals surface area contributed by atoms with Crippen molar-refractivity contribution >= 4 is 17.6 Å². The van der Waals surface area contributed by atoms with E-state index in [1.807, 2.05) is 30.3 Å². The normalized spacial score (nSPS) is 10.4. The highest BCUT2D eigenvalue weighted by Crippen LogP contribution is 2.22. The molecule has 0 saturated carbocycles. The molecule has 1 N–H and O–H groups in total. The highest BCUT2D eigenvalue weighted by atomic mass is 16.5. The number of rotatable bonds is 5. The van der Waals surface area contributed by atoms with Crippen LogP contribution in [0.5, 0.6) is 0 Å². The van der Waals surface area contributed by atoms with E-state index in [1.54, 1.807) is 31.2 Å². The quantitative estimate of drug-likeness (QED) is 0.711. The number of ether oxygens (including phenoxy) is 1. The number of carbonyl (C=O) groups is 2. The van der Waals surface area contributed by atoms with Gasteiger partial charge < -0.3 is 14.5 Å². The van der Waals surface area contributed by atoms with Crippen LogP contribution < -0.4 is 5.32 Å². The molecule has 3 rings (SSSR count). The summed E-state index contributed by atoms with van der Waals surface area (Å²) in [4.78, 5) is 28.6. The van der Waals surface area contributed by atoms with Gasteiger partial charge in [-0.1, -0.05) is 30.3 Å². The first-order valence-electron chi connectivity index (χ1n) is 8.07. The molecule has 26 heavy (non-hydrogen) atoms. The minimum atomic E-state index is -0.511. The number of hydrogen-bond acceptors (Lipinski definition) is 5. The third-order valence-electron chi connectivity index (χ3n) is 3.84. The van der Waals surface area contributed by atoms with Crippen LogP contribution in [-0.2, 0) is 16.0 Å². The molecule has 2 aromatic carbocycles. The van der Waals surface area contributed by atoms with Crippen molar-refractivity contribution in [1.82, 2.24) is 4.98 Å². The number of nitrogens with zero attached hydrogens (tertiary/aromatic N) is 1. The molecule has 132 valence electrons. The molecule has 0 saturated heterocycles. The molecular weight excluding hydrogens is 332 g/mol. The van der Waals surface area contributed by atoms with Gasteiger partial charge in [0, 0.05) is 5.56 Å². The number of anilines is 1. The predicted octanol–water partition coefficient (Wildman–Crippen LogP) is 3.62. The van der Waals surface area contributed by atoms with Crippen molar-refractivity contribution in [3.8, 4) is 11.5 Å². The fourth-order valence-corrected chi connectivity index (χ4v) is 2.52. The number of hydrogen-bond donors (Lipinski definition) is 1. The fourth-order valence-electron chi connectivity index (χ4n) is 2.52. The standard InChI is InChI=1S/C20H18N2O4/c1-13-17(26-19(21-13)14-8-4-3-5-9-14)12-18(23)22-16-11-7-6-10-15(16)20(24)25-2/h3-11H,12H2,1-2H3,(H,22,23). The summed E-state index contributed by atoms with van der Waals surface area (Å²) in [6.45, 7) is 1.79. The second kappa shape index (κ2) is 7.65. The molecule has 0 bridgehead atoms. The van der Waals surface area contributed by atoms with Gasteiger partial charge in [-0.3, -0.25) is 4.79 Å². The third-order valence-corrected chi connectivity index (χ3v) is 3.84. The average Bonchev–Trinajstić information content (AvgIpc) is 3.02. The zero-order valence-electron chi connectivity index (χ0n) is 14.5. The second-order valence-electron chi connectivity index (χ2n) is 5.66. The minimum Gasteiger partial charge on any atom is -0.465 e. The smallest absolute Gasteiger partial charge is 0.339 e. The van der Waals surface area contributed by atoms with Crippen molar-refractivity contribution in [3.05, 3.63) is 71.6 Å². The number of amides is 1. The molecule has 0 aliphatic rings. The summed E-state index contributed by atoms with van der Waals surface area (Å²) in [5.41, 5.74) is 2.19. The van der Waals surface area contributed by atoms with E-state index in [-0.39, 0.29) is 12.3 Å². The Labute approximate surface area is 150 Å². The number of oxazole rings is 1. The van der Waals surface area contributed by atoms with E-state index in [0.717, 1.165) is 5.56 Å². The first-order valence-corrected chi connectivity index (χ1v) is 8.07. The maximum absolute atomic E-state index is 12.4. The summed E-state index contributed by atoms with van der Waals surface area (Å²) >= 11 is 0. The lowest BCUT2D eigenvalue weighted by atomic mass is 10.1. The molecule has 1 aromatic heterocycles. The van der Waals surface area contributed by atoms with Crippen LogP contribution in [0.15, 0.2) is 59.0 Å². The predicted molar refractivity (Wildman–Crippen MR) is 96.8 cm³/mol. The summed E-state index contributed by atoms with van der Waals surface area (Å²) in [6, 6.07) is 16.2. The third kappa shape index (κ3) is 3.80. The van der Waals surface area contributed by atoms with E-state index in [2.05, 4.69) is 10.3 Å². The van der Waals surface area contributed by atoms with Gasteiger partial charge >= 0.3 is 5.97 Å². The summed E-state index contributed by atoms with van der Waals surface area (Å²) in [6.07, 6.45) is 0.0151. The van der Waals surface area contributed by atoms with Crippen molar-refractivity contribution in [2.24, 2.45) is 0 Å². The molecular formula is C20H18N2O4. The topological polar surface area (TPSA) is 81.4 Å². The summed E-state index contributed by atoms with van der Waals surface area (Å²) in [7, 11) is 1.30. The molecule has 1 amide bonds. The van der Waals surface area contributed by atoms with Gasteiger partial charge in [-0.05, 0) is 31.2 Å². The number of methoxy groups -OCH3 is 1. The SMILES string of the molecule is COC(=O)c1ccccc1NC(=O)Cc1oc(-c2ccccc2)nc1C. The number of aryl methyl sites for hydroxylation is 1. The number of para-hydroxylation sites is 1. The Bertz CT molecular complexity index is 932. The Balaban J connectivity index is 1.76. The van der Waals surface area contributed by atoms with Crippen LogP contribution in [0.1, 0.15) is 21.8 Å². The molecule has 0 aliphatic heterocycles. The van der Waals surface area contributed by atoms with Crippen molar-refractivity contribution in [3.63, 3.8) is 0 Å². The van der Waals surface area contributed by atoms with Gasteiger partial charge in [-0.25, -0.2) is 9.78 Å². The first kappa shape index (κ1) is 17.4. The summed E-state index contributed by atoms with van der Waals surface area (Å²) < 4.78 is 10.5. The van der Waals surface area contributed by atoms with Gasteiger partial charge in [-0.15, -0.1) is 0 Å². The monoisotopic (exact) mass is 350 g/mol. The maximum atomic E-state index is 12.4. The zero-order chi connectivity index (χ0) is 18.5. The molecule has 1 heterocycles. The highest BCUT2D eigenvalue weighted by molar-refractivity contribution is 6.01. The Morgan fingerprint density at radius 1 is 1.08 bits per heavy atom. The van der Waals surface area contributed by atoms with Crippen LogP contribution in [0, 0.1) is 6.92 Å². The van der Waals surface area contributed by atoms with E-state index in [4.69, 9.17) is 9.15 Å². The molecule has 3 aromatic rings. The van der Waals surface area contributed by atoms with Crippen molar-refractivity contribution < 1.29 is 18.7 Å². The van der Waals surface area contributed by atoms with E-state index in [9.17, 15) is 9.59 Å². The molecule has 0 radical (unpaired) electrons. The first-order chi connectivity index (χ1) is 12.6. The van der Waals surface area contributed by atoms with E-state index in [0.29, 0.717) is 28.6 Å². The van der Waals surface area contributed by atoms with E-state index < -0.39 is 5.97 Å². The lowest BCUT2D eigenvalue weighted by molar-refractivity contribution is -0.115. The van der Waals surface area contributed by atoms with Crippen LogP contribution >= 0.6 is 0 Å². The summed E-state index contributed by atoms with van der Waals surface area (Å²) in [5, 5.41) is 2.72. The van der Waals surface area contributed by atoms with E-state index in [1.165, 1.54) is 7.11 Å². The maximum Gasteiger partial charge on any atom is 0.339 e. The number of aromatic nitrogens is 1. The van der Waals surface area contributed by atoms with E-state index >= 15 is 0 Å². The average molecular weight is 350 g/mol. The van der Waals surface area contributed by atoms with Gasteiger partial charge in [0.05, 0.1) is 30.5 Å². The number of benzene rings is 2. The lowest BCUT2D eigenvalue weighted by Gasteiger charge is -2.09. The molecule has 6 nitrogen and oxygen atoms in total. The highest BCUT2D eigenvalue weighted by Gasteiger charge is 2.17. The van der Waals surface area contributed by atoms with Crippen LogP contribution in [-0.4, -0.2) is 24.0 Å². The Hall–Kier alpha value is -3.41. The Kier molecular flexibility index (Phi) is 5.12. The van der Waals surface area contributed by atoms with Gasteiger partial charge in [0.2, 0.25) is 11.8 Å². The van der Waals surface area contributed by atoms with Crippen molar-refractivity contribution in [1.29, 1.82) is 0 Å². The number of esters is 1. The van der Waals surface area contributed by atoms with Crippen LogP contribution in [0.2, 0.25) is 0 Å². The molecule has 0 spiro atoms. The molecule has 0 aliphatic carbocycles. The van der Waals surface area contributed by atoms with Gasteiger partial charge in [0.15, 0.2) is 0 Å². The Morgan fingerprint density at radius 2 is 1.77 bits per heavy atom. The van der Waals surface area contributed by atoms with Crippen LogP contribution in [0.25, 0.3) is 11.5 Å². The molecule has 0 unspecified atom stereocenters. The van der Waals surface area contributed by atoms with Crippen molar-refractivity contribution in [2.45, 2.75) is 13.3 Å². The van der Waals surface area contributed by atoms with Gasteiger partial charge in [-0.2, -0.15) is 0 Å². The van der Waals surface area contributed by atoms with Crippen LogP contribution in [0.4, 0.5) is 5.69 Å². The van der Waals surface area contributed by atoms with Gasteiger partial charge in [0.1, 0.15) is 5.76 Å². The largest absolute Gasteiger partial charge is 0.465 e. The minimum absolute atomic E-state index is 0.0151. The number of nitrogens with one attached hydrogen (secondary N) is 1. The lowest BCUT2D eigenvalue weighted by Crippen LogP contribution is -2.17. The van der Waals surface area contributed by atoms with Gasteiger partial charge in [0.25, 0.3) is 0 Å².